The van der Waals surface area contributed by atoms with Gasteiger partial charge in [0.2, 0.25) is 5.91 Å². The molecular formula is C13H16FNO3. The van der Waals surface area contributed by atoms with Crippen LogP contribution in [-0.4, -0.2) is 17.0 Å². The molecule has 0 aromatic heterocycles. The van der Waals surface area contributed by atoms with Crippen molar-refractivity contribution in [2.24, 2.45) is 5.92 Å². The smallest absolute Gasteiger partial charge is 0.307 e. The highest BCUT2D eigenvalue weighted by Gasteiger charge is 2.12. The zero-order valence-corrected chi connectivity index (χ0v) is 10.4. The molecule has 5 heteroatoms. The summed E-state index contributed by atoms with van der Waals surface area (Å²) in [7, 11) is 0. The van der Waals surface area contributed by atoms with Crippen LogP contribution >= 0.6 is 0 Å². The summed E-state index contributed by atoms with van der Waals surface area (Å²) in [4.78, 5) is 22.1. The summed E-state index contributed by atoms with van der Waals surface area (Å²) in [5.41, 5.74) is 0.441. The summed E-state index contributed by atoms with van der Waals surface area (Å²) in [5, 5.41) is 11.2. The Morgan fingerprint density at radius 3 is 2.61 bits per heavy atom. The fraction of sp³-hybridized carbons (Fsp3) is 0.385. The van der Waals surface area contributed by atoms with Gasteiger partial charge in [0.05, 0.1) is 6.42 Å². The van der Waals surface area contributed by atoms with Gasteiger partial charge >= 0.3 is 5.97 Å². The lowest BCUT2D eigenvalue weighted by Crippen LogP contribution is -2.19. The maximum Gasteiger partial charge on any atom is 0.307 e. The van der Waals surface area contributed by atoms with Crippen LogP contribution in [0.1, 0.15) is 25.8 Å². The van der Waals surface area contributed by atoms with E-state index in [-0.39, 0.29) is 23.8 Å². The van der Waals surface area contributed by atoms with Gasteiger partial charge < -0.3 is 10.4 Å². The van der Waals surface area contributed by atoms with E-state index in [0.29, 0.717) is 12.1 Å². The Labute approximate surface area is 105 Å². The van der Waals surface area contributed by atoms with Crippen molar-refractivity contribution in [1.29, 1.82) is 0 Å². The molecule has 1 amide bonds. The maximum absolute atomic E-state index is 13.5. The second-order valence-electron chi connectivity index (χ2n) is 4.18. The number of nitrogens with one attached hydrogen (secondary N) is 1. The van der Waals surface area contributed by atoms with Gasteiger partial charge in [0, 0.05) is 11.6 Å². The predicted molar refractivity (Wildman–Crippen MR) is 65.8 cm³/mol. The molecular weight excluding hydrogens is 237 g/mol. The number of rotatable bonds is 5. The largest absolute Gasteiger partial charge is 0.481 e. The second-order valence-corrected chi connectivity index (χ2v) is 4.18. The normalized spacial score (nSPS) is 11.9. The Morgan fingerprint density at radius 1 is 1.44 bits per heavy atom. The summed E-state index contributed by atoms with van der Waals surface area (Å²) in [6, 6.07) is 4.01. The average Bonchev–Trinajstić information content (AvgIpc) is 2.31. The van der Waals surface area contributed by atoms with E-state index >= 15 is 0 Å². The minimum Gasteiger partial charge on any atom is -0.481 e. The Bertz CT molecular complexity index is 460. The minimum atomic E-state index is -1.09. The number of anilines is 1. The van der Waals surface area contributed by atoms with Crippen LogP contribution in [0.3, 0.4) is 0 Å². The van der Waals surface area contributed by atoms with Gasteiger partial charge in [-0.25, -0.2) is 4.39 Å². The van der Waals surface area contributed by atoms with Crippen LogP contribution in [0.15, 0.2) is 18.2 Å². The fourth-order valence-corrected chi connectivity index (χ4v) is 1.38. The number of amides is 1. The molecule has 0 aliphatic rings. The highest BCUT2D eigenvalue weighted by Crippen LogP contribution is 2.16. The monoisotopic (exact) mass is 253 g/mol. The fourth-order valence-electron chi connectivity index (χ4n) is 1.38. The van der Waals surface area contributed by atoms with Gasteiger partial charge in [-0.05, 0) is 24.1 Å². The number of benzene rings is 1. The molecule has 0 saturated carbocycles. The van der Waals surface area contributed by atoms with E-state index in [1.54, 1.807) is 6.92 Å². The first-order chi connectivity index (χ1) is 8.43. The average molecular weight is 253 g/mol. The third kappa shape index (κ3) is 3.84. The summed E-state index contributed by atoms with van der Waals surface area (Å²) < 4.78 is 13.5. The van der Waals surface area contributed by atoms with Crippen LogP contribution in [-0.2, 0) is 16.0 Å². The number of carboxylic acid groups (broad SMARTS) is 1. The first-order valence-corrected chi connectivity index (χ1v) is 5.75. The van der Waals surface area contributed by atoms with Gasteiger partial charge in [-0.2, -0.15) is 0 Å². The molecule has 0 spiro atoms. The first kappa shape index (κ1) is 14.2. The molecule has 0 radical (unpaired) electrons. The van der Waals surface area contributed by atoms with Crippen molar-refractivity contribution in [3.05, 3.63) is 29.6 Å². The van der Waals surface area contributed by atoms with Gasteiger partial charge in [0.1, 0.15) is 5.82 Å². The Balaban J connectivity index is 2.78. The lowest BCUT2D eigenvalue weighted by molar-refractivity contribution is -0.136. The minimum absolute atomic E-state index is 0.101. The molecule has 1 aromatic rings. The molecule has 0 heterocycles. The summed E-state index contributed by atoms with van der Waals surface area (Å²) >= 11 is 0. The number of hydrogen-bond acceptors (Lipinski definition) is 2. The zero-order valence-electron chi connectivity index (χ0n) is 10.4. The van der Waals surface area contributed by atoms with Crippen molar-refractivity contribution >= 4 is 17.6 Å². The third-order valence-electron chi connectivity index (χ3n) is 2.72. The number of carbonyl (C=O) groups excluding carboxylic acids is 1. The Hall–Kier alpha value is -1.91. The standard InChI is InChI=1S/C13H16FNO3/c1-3-8(2)13(18)15-10-5-4-9(6-12(16)17)11(14)7-10/h4-5,7-8H,3,6H2,1-2H3,(H,15,18)(H,16,17). The van der Waals surface area contributed by atoms with E-state index in [1.807, 2.05) is 6.92 Å². The molecule has 1 rings (SSSR count). The third-order valence-corrected chi connectivity index (χ3v) is 2.72. The van der Waals surface area contributed by atoms with Crippen molar-refractivity contribution in [2.75, 3.05) is 5.32 Å². The van der Waals surface area contributed by atoms with Crippen molar-refractivity contribution in [2.45, 2.75) is 26.7 Å². The van der Waals surface area contributed by atoms with E-state index in [1.165, 1.54) is 12.1 Å². The molecule has 0 bridgehead atoms. The molecule has 0 saturated heterocycles. The van der Waals surface area contributed by atoms with Gasteiger partial charge in [0.15, 0.2) is 0 Å². The van der Waals surface area contributed by atoms with E-state index in [0.717, 1.165) is 6.07 Å². The molecule has 1 atom stereocenters. The van der Waals surface area contributed by atoms with Crippen molar-refractivity contribution in [3.8, 4) is 0 Å². The maximum atomic E-state index is 13.5. The molecule has 98 valence electrons. The Morgan fingerprint density at radius 2 is 2.11 bits per heavy atom. The van der Waals surface area contributed by atoms with Crippen LogP contribution in [0.2, 0.25) is 0 Å². The Kier molecular flexibility index (Phi) is 4.83. The summed E-state index contributed by atoms with van der Waals surface area (Å²) in [6.07, 6.45) is 0.330. The molecule has 0 fully saturated rings. The number of carbonyl (C=O) groups is 2. The van der Waals surface area contributed by atoms with Crippen LogP contribution in [0.4, 0.5) is 10.1 Å². The lowest BCUT2D eigenvalue weighted by Gasteiger charge is -2.10. The van der Waals surface area contributed by atoms with E-state index in [9.17, 15) is 14.0 Å². The van der Waals surface area contributed by atoms with Gasteiger partial charge in [0.25, 0.3) is 0 Å². The first-order valence-electron chi connectivity index (χ1n) is 5.75. The molecule has 18 heavy (non-hydrogen) atoms. The molecule has 1 unspecified atom stereocenters. The highest BCUT2D eigenvalue weighted by molar-refractivity contribution is 5.92. The number of aliphatic carboxylic acids is 1. The van der Waals surface area contributed by atoms with E-state index in [2.05, 4.69) is 5.32 Å². The van der Waals surface area contributed by atoms with Crippen molar-refractivity contribution in [3.63, 3.8) is 0 Å². The van der Waals surface area contributed by atoms with E-state index < -0.39 is 11.8 Å². The van der Waals surface area contributed by atoms with Crippen LogP contribution in [0.25, 0.3) is 0 Å². The molecule has 4 nitrogen and oxygen atoms in total. The quantitative estimate of drug-likeness (QED) is 0.847. The van der Waals surface area contributed by atoms with Gasteiger partial charge in [-0.15, -0.1) is 0 Å². The number of halogens is 1. The molecule has 1 aromatic carbocycles. The van der Waals surface area contributed by atoms with Crippen molar-refractivity contribution < 1.29 is 19.1 Å². The van der Waals surface area contributed by atoms with Gasteiger partial charge in [-0.1, -0.05) is 19.9 Å². The SMILES string of the molecule is CCC(C)C(=O)Nc1ccc(CC(=O)O)c(F)c1. The van der Waals surface area contributed by atoms with E-state index in [4.69, 9.17) is 5.11 Å². The van der Waals surface area contributed by atoms with Crippen LogP contribution in [0, 0.1) is 11.7 Å². The molecule has 0 aliphatic carbocycles. The van der Waals surface area contributed by atoms with Crippen LogP contribution in [0.5, 0.6) is 0 Å². The van der Waals surface area contributed by atoms with Gasteiger partial charge in [-0.3, -0.25) is 9.59 Å². The summed E-state index contributed by atoms with van der Waals surface area (Å²) in [5.74, 6) is -2.04. The highest BCUT2D eigenvalue weighted by atomic mass is 19.1. The van der Waals surface area contributed by atoms with Crippen LogP contribution < -0.4 is 5.32 Å². The zero-order chi connectivity index (χ0) is 13.7. The second kappa shape index (κ2) is 6.14. The molecule has 0 aliphatic heterocycles. The van der Waals surface area contributed by atoms with Crippen molar-refractivity contribution in [1.82, 2.24) is 0 Å². The number of hydrogen-bond donors (Lipinski definition) is 2. The number of carboxylic acids is 1. The predicted octanol–water partition coefficient (Wildman–Crippen LogP) is 2.44. The molecule has 2 N–H and O–H groups in total. The summed E-state index contributed by atoms with van der Waals surface area (Å²) in [6.45, 7) is 3.67. The topological polar surface area (TPSA) is 66.4 Å². The lowest BCUT2D eigenvalue weighted by atomic mass is 10.1.